The fraction of sp³-hybridized carbons (Fsp3) is 0.333. The first kappa shape index (κ1) is 14.6. The zero-order chi connectivity index (χ0) is 14.5. The van der Waals surface area contributed by atoms with Gasteiger partial charge in [-0.1, -0.05) is 22.0 Å². The van der Waals surface area contributed by atoms with Gasteiger partial charge in [0.2, 0.25) is 11.8 Å². The Kier molecular flexibility index (Phi) is 4.79. The maximum Gasteiger partial charge on any atom is 0.424 e. The van der Waals surface area contributed by atoms with E-state index in [4.69, 9.17) is 5.16 Å². The average Bonchev–Trinajstić information content (AvgIpc) is 3.08. The van der Waals surface area contributed by atoms with E-state index in [1.165, 1.54) is 25.9 Å². The Morgan fingerprint density at radius 1 is 1.15 bits per heavy atom. The summed E-state index contributed by atoms with van der Waals surface area (Å²) in [6, 6.07) is 6.49. The summed E-state index contributed by atoms with van der Waals surface area (Å²) in [5, 5.41) is 29.9. The molecule has 8 heteroatoms. The molecular formula is C12H16N3O4P. The van der Waals surface area contributed by atoms with Gasteiger partial charge in [0.05, 0.1) is 10.8 Å². The summed E-state index contributed by atoms with van der Waals surface area (Å²) in [5.41, 5.74) is 0. The van der Waals surface area contributed by atoms with E-state index in [-0.39, 0.29) is 11.8 Å². The number of hydrogen-bond donors (Lipinski definition) is 4. The molecular weight excluding hydrogens is 281 g/mol. The van der Waals surface area contributed by atoms with Crippen LogP contribution in [0, 0.1) is 5.16 Å². The van der Waals surface area contributed by atoms with E-state index < -0.39 is 8.17 Å². The van der Waals surface area contributed by atoms with Crippen molar-refractivity contribution < 1.29 is 19.7 Å². The molecule has 2 heterocycles. The summed E-state index contributed by atoms with van der Waals surface area (Å²) < 4.78 is 5.03. The van der Waals surface area contributed by atoms with Gasteiger partial charge in [-0.3, -0.25) is 0 Å². The van der Waals surface area contributed by atoms with Crippen LogP contribution in [0.15, 0.2) is 24.3 Å². The second-order valence-electron chi connectivity index (χ2n) is 4.28. The lowest BCUT2D eigenvalue weighted by Gasteiger charge is -1.99. The van der Waals surface area contributed by atoms with E-state index in [1.54, 1.807) is 24.3 Å². The Morgan fingerprint density at radius 2 is 1.65 bits per heavy atom. The minimum Gasteiger partial charge on any atom is -0.574 e. The molecule has 0 aliphatic carbocycles. The number of rotatable bonds is 2. The lowest BCUT2D eigenvalue weighted by molar-refractivity contribution is -0.177. The van der Waals surface area contributed by atoms with Gasteiger partial charge in [0, 0.05) is 0 Å². The second kappa shape index (κ2) is 6.56. The van der Waals surface area contributed by atoms with E-state index in [0.29, 0.717) is 15.5 Å². The van der Waals surface area contributed by atoms with Crippen molar-refractivity contribution in [1.29, 1.82) is 5.16 Å². The molecule has 7 nitrogen and oxygen atoms in total. The molecule has 0 saturated carbocycles. The Balaban J connectivity index is 0.000000247. The summed E-state index contributed by atoms with van der Waals surface area (Å²) in [6.45, 7) is 2.50. The van der Waals surface area contributed by atoms with E-state index >= 15 is 0 Å². The Labute approximate surface area is 116 Å². The Hall–Kier alpha value is -1.82. The molecule has 1 aliphatic heterocycles. The Morgan fingerprint density at radius 3 is 2.00 bits per heavy atom. The van der Waals surface area contributed by atoms with Gasteiger partial charge in [0.25, 0.3) is 0 Å². The maximum atomic E-state index is 10.5. The molecule has 4 N–H and O–H groups in total. The molecule has 0 amide bonds. The third kappa shape index (κ3) is 3.19. The third-order valence-electron chi connectivity index (χ3n) is 2.91. The number of aromatic nitrogens is 1. The van der Waals surface area contributed by atoms with Gasteiger partial charge in [0.15, 0.2) is 0 Å². The molecule has 1 aliphatic rings. The number of fused-ring (bicyclic) bond motifs is 1. The molecule has 1 fully saturated rings. The number of nitrogens with zero attached hydrogens (tertiary/aromatic N) is 1. The maximum absolute atomic E-state index is 10.5. The number of benzene rings is 1. The molecule has 2 aromatic rings. The largest absolute Gasteiger partial charge is 0.574 e. The predicted molar refractivity (Wildman–Crippen MR) is 73.6 cm³/mol. The number of nitrogens with one attached hydrogen (secondary N) is 2. The van der Waals surface area contributed by atoms with Crippen LogP contribution in [0.1, 0.15) is 12.8 Å². The van der Waals surface area contributed by atoms with Gasteiger partial charge < -0.3 is 20.4 Å². The molecule has 1 unspecified atom stereocenters. The summed E-state index contributed by atoms with van der Waals surface area (Å²) >= 11 is 0. The van der Waals surface area contributed by atoms with Crippen LogP contribution in [0.2, 0.25) is 0 Å². The molecule has 0 bridgehead atoms. The highest BCUT2D eigenvalue weighted by Crippen LogP contribution is 2.36. The van der Waals surface area contributed by atoms with Crippen LogP contribution in [-0.4, -0.2) is 28.0 Å². The van der Waals surface area contributed by atoms with Gasteiger partial charge in [-0.25, -0.2) is 0 Å². The first-order valence-corrected chi connectivity index (χ1v) is 7.38. The van der Waals surface area contributed by atoms with Crippen LogP contribution < -0.4 is 14.8 Å². The highest BCUT2D eigenvalue weighted by Gasteiger charge is 2.19. The molecule has 1 aromatic heterocycles. The minimum absolute atomic E-state index is 0.367. The van der Waals surface area contributed by atoms with Crippen LogP contribution in [0.25, 0.3) is 10.8 Å². The van der Waals surface area contributed by atoms with Crippen molar-refractivity contribution in [2.45, 2.75) is 12.8 Å². The lowest BCUT2D eigenvalue weighted by atomic mass is 10.2. The fourth-order valence-corrected chi connectivity index (χ4v) is 2.27. The van der Waals surface area contributed by atoms with Crippen molar-refractivity contribution >= 4 is 18.9 Å². The molecule has 108 valence electrons. The summed E-state index contributed by atoms with van der Waals surface area (Å²) in [4.78, 5) is 10.5. The number of aromatic hydroxyl groups is 2. The molecule has 3 rings (SSSR count). The highest BCUT2D eigenvalue weighted by molar-refractivity contribution is 7.32. The number of hydrogen-bond acceptors (Lipinski definition) is 6. The van der Waals surface area contributed by atoms with Crippen LogP contribution in [-0.2, 0) is 0 Å². The smallest absolute Gasteiger partial charge is 0.424 e. The van der Waals surface area contributed by atoms with Crippen molar-refractivity contribution in [2.24, 2.45) is 0 Å². The standard InChI is InChI=1S/C8H7N2O4P.C4H9N/c9-15(13)14-10-7(11)5-3-1-2-4-6(5)8(10)12;1-2-4-5-3-1/h1-4,9,11-12H;5H,1-4H2. The van der Waals surface area contributed by atoms with Crippen LogP contribution in [0.4, 0.5) is 0 Å². The van der Waals surface area contributed by atoms with Crippen LogP contribution in [0.3, 0.4) is 0 Å². The second-order valence-corrected chi connectivity index (χ2v) is 4.96. The molecule has 0 spiro atoms. The zero-order valence-electron chi connectivity index (χ0n) is 10.7. The van der Waals surface area contributed by atoms with Crippen molar-refractivity contribution in [3.63, 3.8) is 0 Å². The average molecular weight is 297 g/mol. The van der Waals surface area contributed by atoms with Crippen molar-refractivity contribution in [3.05, 3.63) is 24.3 Å². The normalized spacial score (nSPS) is 14.8. The minimum atomic E-state index is -2.70. The van der Waals surface area contributed by atoms with E-state index in [9.17, 15) is 15.1 Å². The van der Waals surface area contributed by atoms with Gasteiger partial charge in [-0.2, -0.15) is 4.62 Å². The molecule has 20 heavy (non-hydrogen) atoms. The van der Waals surface area contributed by atoms with E-state index in [0.717, 1.165) is 0 Å². The first-order chi connectivity index (χ1) is 9.61. The van der Waals surface area contributed by atoms with E-state index in [2.05, 4.69) is 9.94 Å². The summed E-state index contributed by atoms with van der Waals surface area (Å²) in [6.07, 6.45) is 2.78. The van der Waals surface area contributed by atoms with Gasteiger partial charge in [-0.15, -0.1) is 0 Å². The molecule has 1 aromatic carbocycles. The van der Waals surface area contributed by atoms with Gasteiger partial charge in [-0.05, 0) is 38.1 Å². The fourth-order valence-electron chi connectivity index (χ4n) is 1.97. The van der Waals surface area contributed by atoms with Crippen molar-refractivity contribution in [1.82, 2.24) is 10.0 Å². The summed E-state index contributed by atoms with van der Waals surface area (Å²) in [5.74, 6) is -0.752. The monoisotopic (exact) mass is 297 g/mol. The van der Waals surface area contributed by atoms with Crippen molar-refractivity contribution in [3.8, 4) is 11.8 Å². The summed E-state index contributed by atoms with van der Waals surface area (Å²) in [7, 11) is -2.70. The van der Waals surface area contributed by atoms with Gasteiger partial charge >= 0.3 is 8.17 Å². The van der Waals surface area contributed by atoms with Gasteiger partial charge in [0.1, 0.15) is 0 Å². The van der Waals surface area contributed by atoms with Crippen LogP contribution in [0.5, 0.6) is 11.8 Å². The lowest BCUT2D eigenvalue weighted by Crippen LogP contribution is -2.06. The Bertz CT molecular complexity index is 563. The predicted octanol–water partition coefficient (Wildman–Crippen LogP) is 1.29. The first-order valence-electron chi connectivity index (χ1n) is 6.20. The zero-order valence-corrected chi connectivity index (χ0v) is 11.6. The molecule has 0 radical (unpaired) electrons. The van der Waals surface area contributed by atoms with E-state index in [1.807, 2.05) is 0 Å². The highest BCUT2D eigenvalue weighted by atomic mass is 31.1. The topological polar surface area (TPSA) is 114 Å². The quantitative estimate of drug-likeness (QED) is 0.624. The van der Waals surface area contributed by atoms with Crippen molar-refractivity contribution in [2.75, 3.05) is 13.1 Å². The van der Waals surface area contributed by atoms with Crippen LogP contribution >= 0.6 is 8.17 Å². The SMILES string of the molecule is C1CCNC1.N=[P+]([O-])On1c(O)c2ccccc2c1O. The molecule has 1 atom stereocenters. The third-order valence-corrected chi connectivity index (χ3v) is 3.22. The molecule has 1 saturated heterocycles.